The number of hydrogen-bond acceptors (Lipinski definition) is 2. The minimum atomic E-state index is -0.825. The summed E-state index contributed by atoms with van der Waals surface area (Å²) in [7, 11) is 0. The highest BCUT2D eigenvalue weighted by atomic mass is 16.5. The van der Waals surface area contributed by atoms with Crippen LogP contribution in [0, 0.1) is 19.3 Å². The number of nitrogens with zero attached hydrogens (tertiary/aromatic N) is 1. The molecule has 0 spiro atoms. The largest absolute Gasteiger partial charge is 0.481 e. The average molecular weight is 223 g/mol. The fourth-order valence-corrected chi connectivity index (χ4v) is 2.40. The van der Waals surface area contributed by atoms with Gasteiger partial charge in [-0.15, -0.1) is 0 Å². The van der Waals surface area contributed by atoms with Crippen molar-refractivity contribution in [2.45, 2.75) is 26.8 Å². The van der Waals surface area contributed by atoms with Crippen LogP contribution in [0.5, 0.6) is 0 Å². The summed E-state index contributed by atoms with van der Waals surface area (Å²) in [5, 5.41) is 9.33. The molecule has 0 saturated carbocycles. The molecule has 4 nitrogen and oxygen atoms in total. The predicted octanol–water partition coefficient (Wildman–Crippen LogP) is 1.77. The fraction of sp³-hybridized carbons (Fsp3) is 0.583. The van der Waals surface area contributed by atoms with Crippen molar-refractivity contribution in [1.29, 1.82) is 0 Å². The molecule has 1 aromatic rings. The second-order valence-corrected chi connectivity index (χ2v) is 4.74. The highest BCUT2D eigenvalue weighted by molar-refractivity contribution is 5.75. The Kier molecular flexibility index (Phi) is 2.54. The van der Waals surface area contributed by atoms with Gasteiger partial charge in [-0.3, -0.25) is 4.79 Å². The number of carboxylic acid groups (broad SMARTS) is 1. The van der Waals surface area contributed by atoms with E-state index in [1.54, 1.807) is 6.92 Å². The first-order valence-corrected chi connectivity index (χ1v) is 5.42. The van der Waals surface area contributed by atoms with Crippen molar-refractivity contribution in [2.75, 3.05) is 13.2 Å². The summed E-state index contributed by atoms with van der Waals surface area (Å²) in [5.74, 6) is -0.789. The van der Waals surface area contributed by atoms with Crippen LogP contribution in [0.4, 0.5) is 0 Å². The Morgan fingerprint density at radius 2 is 2.06 bits per heavy atom. The maximum absolute atomic E-state index is 11.4. The van der Waals surface area contributed by atoms with Crippen LogP contribution in [0.3, 0.4) is 0 Å². The zero-order valence-electron chi connectivity index (χ0n) is 9.86. The summed E-state index contributed by atoms with van der Waals surface area (Å²) in [4.78, 5) is 11.4. The number of aromatic nitrogens is 1. The summed E-state index contributed by atoms with van der Waals surface area (Å²) in [5.41, 5.74) is 1.34. The van der Waals surface area contributed by atoms with Crippen molar-refractivity contribution in [2.24, 2.45) is 5.41 Å². The zero-order valence-corrected chi connectivity index (χ0v) is 9.86. The third-order valence-electron chi connectivity index (χ3n) is 3.54. The number of hydrogen-bond donors (Lipinski definition) is 1. The molecule has 1 N–H and O–H groups in total. The van der Waals surface area contributed by atoms with Crippen LogP contribution in [-0.4, -0.2) is 28.9 Å². The number of aryl methyl sites for hydroxylation is 2. The lowest BCUT2D eigenvalue weighted by Crippen LogP contribution is -2.37. The van der Waals surface area contributed by atoms with Gasteiger partial charge in [0.25, 0.3) is 0 Å². The minimum absolute atomic E-state index is 0.111. The first kappa shape index (κ1) is 11.2. The summed E-state index contributed by atoms with van der Waals surface area (Å²) in [6.07, 6.45) is 0. The number of carbonyl (C=O) groups is 1. The monoisotopic (exact) mass is 223 g/mol. The van der Waals surface area contributed by atoms with E-state index in [0.29, 0.717) is 6.61 Å². The number of ether oxygens (including phenoxy) is 1. The molecular formula is C12H17NO3. The third-order valence-corrected chi connectivity index (χ3v) is 3.54. The van der Waals surface area contributed by atoms with Gasteiger partial charge < -0.3 is 14.4 Å². The van der Waals surface area contributed by atoms with Crippen LogP contribution < -0.4 is 0 Å². The number of rotatable bonds is 2. The number of aliphatic carboxylic acids is 1. The molecule has 0 amide bonds. The van der Waals surface area contributed by atoms with Gasteiger partial charge in [-0.2, -0.15) is 0 Å². The van der Waals surface area contributed by atoms with Crippen molar-refractivity contribution < 1.29 is 14.6 Å². The Bertz CT molecular complexity index is 404. The lowest BCUT2D eigenvalue weighted by Gasteiger charge is -2.28. The molecule has 1 aromatic heterocycles. The first-order chi connectivity index (χ1) is 7.47. The molecule has 2 unspecified atom stereocenters. The van der Waals surface area contributed by atoms with Gasteiger partial charge in [0, 0.05) is 11.4 Å². The molecule has 1 aliphatic rings. The van der Waals surface area contributed by atoms with E-state index in [1.807, 2.05) is 26.0 Å². The van der Waals surface area contributed by atoms with E-state index in [-0.39, 0.29) is 12.6 Å². The molecular weight excluding hydrogens is 206 g/mol. The Morgan fingerprint density at radius 1 is 1.50 bits per heavy atom. The molecule has 1 aliphatic heterocycles. The smallest absolute Gasteiger partial charge is 0.313 e. The van der Waals surface area contributed by atoms with E-state index in [1.165, 1.54) is 0 Å². The zero-order chi connectivity index (χ0) is 11.9. The second kappa shape index (κ2) is 3.63. The van der Waals surface area contributed by atoms with E-state index in [4.69, 9.17) is 4.74 Å². The Hall–Kier alpha value is -1.29. The normalized spacial score (nSPS) is 29.6. The summed E-state index contributed by atoms with van der Waals surface area (Å²) < 4.78 is 7.44. The van der Waals surface area contributed by atoms with Crippen molar-refractivity contribution in [3.05, 3.63) is 23.5 Å². The van der Waals surface area contributed by atoms with Crippen LogP contribution in [-0.2, 0) is 9.53 Å². The van der Waals surface area contributed by atoms with Gasteiger partial charge in [0.2, 0.25) is 0 Å². The lowest BCUT2D eigenvalue weighted by molar-refractivity contribution is -0.149. The van der Waals surface area contributed by atoms with Crippen molar-refractivity contribution in [3.63, 3.8) is 0 Å². The molecule has 4 heteroatoms. The molecule has 2 atom stereocenters. The standard InChI is InChI=1S/C12H17NO3/c1-8-4-5-9(2)13(8)10-6-16-7-12(10,3)11(14)15/h4-5,10H,6-7H2,1-3H3,(H,14,15). The van der Waals surface area contributed by atoms with Crippen LogP contribution in [0.1, 0.15) is 24.4 Å². The van der Waals surface area contributed by atoms with E-state index in [0.717, 1.165) is 11.4 Å². The maximum Gasteiger partial charge on any atom is 0.313 e. The molecule has 16 heavy (non-hydrogen) atoms. The van der Waals surface area contributed by atoms with Crippen molar-refractivity contribution in [3.8, 4) is 0 Å². The molecule has 0 aromatic carbocycles. The Labute approximate surface area is 94.8 Å². The quantitative estimate of drug-likeness (QED) is 0.831. The van der Waals surface area contributed by atoms with Crippen LogP contribution in [0.15, 0.2) is 12.1 Å². The van der Waals surface area contributed by atoms with E-state index >= 15 is 0 Å². The van der Waals surface area contributed by atoms with E-state index in [2.05, 4.69) is 4.57 Å². The molecule has 0 radical (unpaired) electrons. The van der Waals surface area contributed by atoms with Gasteiger partial charge in [-0.05, 0) is 32.9 Å². The molecule has 2 rings (SSSR count). The second-order valence-electron chi connectivity index (χ2n) is 4.74. The highest BCUT2D eigenvalue weighted by Crippen LogP contribution is 2.39. The van der Waals surface area contributed by atoms with Crippen LogP contribution in [0.25, 0.3) is 0 Å². The Balaban J connectivity index is 2.45. The molecule has 2 heterocycles. The average Bonchev–Trinajstić information content (AvgIpc) is 2.72. The van der Waals surface area contributed by atoms with Crippen molar-refractivity contribution in [1.82, 2.24) is 4.57 Å². The summed E-state index contributed by atoms with van der Waals surface area (Å²) in [6.45, 7) is 6.50. The fourth-order valence-electron chi connectivity index (χ4n) is 2.40. The van der Waals surface area contributed by atoms with Gasteiger partial charge in [0.1, 0.15) is 5.41 Å². The molecule has 0 aliphatic carbocycles. The highest BCUT2D eigenvalue weighted by Gasteiger charge is 2.48. The number of carboxylic acids is 1. The molecule has 1 fully saturated rings. The molecule has 88 valence electrons. The lowest BCUT2D eigenvalue weighted by atomic mass is 9.85. The SMILES string of the molecule is Cc1ccc(C)n1C1COCC1(C)C(=O)O. The third kappa shape index (κ3) is 1.45. The van der Waals surface area contributed by atoms with E-state index < -0.39 is 11.4 Å². The molecule has 1 saturated heterocycles. The first-order valence-electron chi connectivity index (χ1n) is 5.42. The van der Waals surface area contributed by atoms with Gasteiger partial charge in [-0.1, -0.05) is 0 Å². The summed E-state index contributed by atoms with van der Waals surface area (Å²) >= 11 is 0. The maximum atomic E-state index is 11.4. The Morgan fingerprint density at radius 3 is 2.56 bits per heavy atom. The van der Waals surface area contributed by atoms with Gasteiger partial charge >= 0.3 is 5.97 Å². The summed E-state index contributed by atoms with van der Waals surface area (Å²) in [6, 6.07) is 3.91. The van der Waals surface area contributed by atoms with Gasteiger partial charge in [-0.25, -0.2) is 0 Å². The minimum Gasteiger partial charge on any atom is -0.481 e. The van der Waals surface area contributed by atoms with Crippen molar-refractivity contribution >= 4 is 5.97 Å². The van der Waals surface area contributed by atoms with Gasteiger partial charge in [0.05, 0.1) is 19.3 Å². The van der Waals surface area contributed by atoms with Crippen LogP contribution >= 0.6 is 0 Å². The van der Waals surface area contributed by atoms with E-state index in [9.17, 15) is 9.90 Å². The molecule has 0 bridgehead atoms. The predicted molar refractivity (Wildman–Crippen MR) is 59.5 cm³/mol. The van der Waals surface area contributed by atoms with Crippen LogP contribution in [0.2, 0.25) is 0 Å². The van der Waals surface area contributed by atoms with Gasteiger partial charge in [0.15, 0.2) is 0 Å². The topological polar surface area (TPSA) is 51.5 Å².